The van der Waals surface area contributed by atoms with Crippen molar-refractivity contribution < 1.29 is 57.4 Å². The molecule has 0 unspecified atom stereocenters. The minimum atomic E-state index is 0. The molecular weight excluding hydrogens is 263 g/mol. The molecule has 0 bridgehead atoms. The van der Waals surface area contributed by atoms with Crippen molar-refractivity contribution in [1.29, 1.82) is 0 Å². The zero-order chi connectivity index (χ0) is 2.00. The van der Waals surface area contributed by atoms with Gasteiger partial charge < -0.3 is 0 Å². The molecule has 0 aliphatic rings. The molecule has 0 saturated carbocycles. The van der Waals surface area contributed by atoms with E-state index in [-0.39, 0.29) is 54.5 Å². The molecule has 0 heterocycles. The number of hydrogen-bond donors (Lipinski definition) is 0. The Labute approximate surface area is 75.0 Å². The summed E-state index contributed by atoms with van der Waals surface area (Å²) >= 11 is 1.10. The molecule has 0 rings (SSSR count). The maximum absolute atomic E-state index is 8.18. The number of rotatable bonds is 0. The maximum atomic E-state index is 8.18. The average Bonchev–Trinajstić information content (AvgIpc) is 1.00. The van der Waals surface area contributed by atoms with Crippen LogP contribution >= 0.6 is 0 Å². The molecule has 0 N–H and O–H groups in total. The van der Waals surface area contributed by atoms with Crippen molar-refractivity contribution >= 4 is 18.9 Å². The van der Waals surface area contributed by atoms with Crippen molar-refractivity contribution in [3.05, 3.63) is 0 Å². The standard InChI is InChI=1S/La.Li.O.Ru. The van der Waals surface area contributed by atoms with Gasteiger partial charge >= 0.3 is 21.8 Å². The molecular formula is LaLiORu. The van der Waals surface area contributed by atoms with Crippen LogP contribution in [0.25, 0.3) is 0 Å². The molecule has 0 aromatic carbocycles. The van der Waals surface area contributed by atoms with Crippen molar-refractivity contribution in [2.24, 2.45) is 0 Å². The fourth-order valence-corrected chi connectivity index (χ4v) is 0. The van der Waals surface area contributed by atoms with Crippen LogP contribution in [-0.4, -0.2) is 18.9 Å². The van der Waals surface area contributed by atoms with Gasteiger partial charge in [-0.2, -0.15) is 0 Å². The van der Waals surface area contributed by atoms with Crippen molar-refractivity contribution in [3.8, 4) is 0 Å². The Morgan fingerprint density at radius 3 is 1.25 bits per heavy atom. The third-order valence-corrected chi connectivity index (χ3v) is 0. The van der Waals surface area contributed by atoms with Gasteiger partial charge in [0.2, 0.25) is 0 Å². The van der Waals surface area contributed by atoms with Crippen LogP contribution in [0.3, 0.4) is 0 Å². The van der Waals surface area contributed by atoms with Crippen LogP contribution in [-0.2, 0) is 21.8 Å². The third kappa shape index (κ3) is 8.88. The zero-order valence-electron chi connectivity index (χ0n) is 2.34. The Bertz CT molecular complexity index is 8.00. The normalized spacial score (nSPS) is 1.25. The van der Waals surface area contributed by atoms with Gasteiger partial charge in [0.05, 0.1) is 0 Å². The fraction of sp³-hybridized carbons (Fsp3) is 0. The molecule has 4 heteroatoms. The molecule has 0 atom stereocenters. The Hall–Kier alpha value is 2.22. The second-order valence-electron chi connectivity index (χ2n) is 0. The Morgan fingerprint density at radius 1 is 1.25 bits per heavy atom. The van der Waals surface area contributed by atoms with E-state index in [1.165, 1.54) is 0 Å². The second kappa shape index (κ2) is 18.9. The van der Waals surface area contributed by atoms with E-state index in [9.17, 15) is 0 Å². The molecule has 0 aliphatic carbocycles. The topological polar surface area (TPSA) is 17.1 Å². The molecule has 1 nitrogen and oxygen atoms in total. The van der Waals surface area contributed by atoms with Gasteiger partial charge in [-0.1, -0.05) is 0 Å². The van der Waals surface area contributed by atoms with Crippen molar-refractivity contribution in [2.45, 2.75) is 0 Å². The Morgan fingerprint density at radius 2 is 1.25 bits per heavy atom. The van der Waals surface area contributed by atoms with E-state index in [0.717, 1.165) is 18.3 Å². The summed E-state index contributed by atoms with van der Waals surface area (Å²) < 4.78 is 8.18. The summed E-state index contributed by atoms with van der Waals surface area (Å²) in [7, 11) is 0. The minimum absolute atomic E-state index is 0. The molecule has 0 spiro atoms. The fourth-order valence-electron chi connectivity index (χ4n) is 0. The van der Waals surface area contributed by atoms with Crippen molar-refractivity contribution in [2.75, 3.05) is 0 Å². The summed E-state index contributed by atoms with van der Waals surface area (Å²) in [6, 6.07) is 0. The number of hydrogen-bond acceptors (Lipinski definition) is 1. The molecule has 0 aromatic rings. The molecule has 0 amide bonds. The first-order valence-electron chi connectivity index (χ1n) is 0.144. The van der Waals surface area contributed by atoms with E-state index in [2.05, 4.69) is 0 Å². The summed E-state index contributed by atoms with van der Waals surface area (Å²) in [5.41, 5.74) is 0. The summed E-state index contributed by atoms with van der Waals surface area (Å²) in [4.78, 5) is 0. The SMILES string of the molecule is [La].[Li].[O]=[Ru]. The molecule has 0 fully saturated rings. The van der Waals surface area contributed by atoms with Gasteiger partial charge in [-0.3, -0.25) is 0 Å². The molecule has 4 heavy (non-hydrogen) atoms. The third-order valence-electron chi connectivity index (χ3n) is 0. The van der Waals surface area contributed by atoms with Crippen LogP contribution < -0.4 is 0 Å². The van der Waals surface area contributed by atoms with Crippen LogP contribution in [0.1, 0.15) is 0 Å². The van der Waals surface area contributed by atoms with E-state index < -0.39 is 0 Å². The first kappa shape index (κ1) is 16.4. The summed E-state index contributed by atoms with van der Waals surface area (Å²) in [6.45, 7) is 0. The van der Waals surface area contributed by atoms with Gasteiger partial charge in [-0.15, -0.1) is 0 Å². The van der Waals surface area contributed by atoms with Gasteiger partial charge in [0, 0.05) is 54.5 Å². The Balaban J connectivity index is -0.00000000500. The average molecular weight is 263 g/mol. The van der Waals surface area contributed by atoms with Crippen LogP contribution in [0.15, 0.2) is 0 Å². The van der Waals surface area contributed by atoms with E-state index in [1.807, 2.05) is 0 Å². The monoisotopic (exact) mass is 264 g/mol. The molecule has 18 valence electrons. The van der Waals surface area contributed by atoms with Crippen LogP contribution in [0.4, 0.5) is 0 Å². The first-order valence-corrected chi connectivity index (χ1v) is 0.854. The van der Waals surface area contributed by atoms with Gasteiger partial charge in [0.1, 0.15) is 0 Å². The second-order valence-corrected chi connectivity index (χ2v) is 0. The quantitative estimate of drug-likeness (QED) is 0.538. The van der Waals surface area contributed by atoms with E-state index in [4.69, 9.17) is 3.57 Å². The first-order chi connectivity index (χ1) is 1.00. The molecule has 0 saturated heterocycles. The molecule has 0 aromatic heterocycles. The molecule has 0 aliphatic heterocycles. The zero-order valence-corrected chi connectivity index (χ0v) is 7.70. The van der Waals surface area contributed by atoms with Crippen LogP contribution in [0, 0.1) is 35.6 Å². The van der Waals surface area contributed by atoms with E-state index in [0.29, 0.717) is 0 Å². The van der Waals surface area contributed by atoms with Crippen molar-refractivity contribution in [3.63, 3.8) is 0 Å². The summed E-state index contributed by atoms with van der Waals surface area (Å²) in [5.74, 6) is 0. The molecule has 2 radical (unpaired) electrons. The Kier molecular flexibility index (Phi) is 77.2. The van der Waals surface area contributed by atoms with Gasteiger partial charge in [0.15, 0.2) is 0 Å². The van der Waals surface area contributed by atoms with Crippen molar-refractivity contribution in [1.82, 2.24) is 0 Å². The summed E-state index contributed by atoms with van der Waals surface area (Å²) in [5, 5.41) is 0. The van der Waals surface area contributed by atoms with E-state index >= 15 is 0 Å². The van der Waals surface area contributed by atoms with Crippen LogP contribution in [0.2, 0.25) is 0 Å². The summed E-state index contributed by atoms with van der Waals surface area (Å²) in [6.07, 6.45) is 0. The predicted octanol–water partition coefficient (Wildman–Crippen LogP) is -0.502. The predicted molar refractivity (Wildman–Crippen MR) is 6.44 cm³/mol. The van der Waals surface area contributed by atoms with Gasteiger partial charge in [-0.05, 0) is 0 Å². The van der Waals surface area contributed by atoms with Crippen LogP contribution in [0.5, 0.6) is 0 Å². The van der Waals surface area contributed by atoms with Gasteiger partial charge in [-0.25, -0.2) is 0 Å². The van der Waals surface area contributed by atoms with E-state index in [1.54, 1.807) is 0 Å². The van der Waals surface area contributed by atoms with Gasteiger partial charge in [0.25, 0.3) is 0 Å².